The predicted molar refractivity (Wildman–Crippen MR) is 64.0 cm³/mol. The molecular weight excluding hydrogens is 293 g/mol. The van der Waals surface area contributed by atoms with Crippen molar-refractivity contribution < 1.29 is 5.11 Å². The fourth-order valence-corrected chi connectivity index (χ4v) is 1.94. The lowest BCUT2D eigenvalue weighted by molar-refractivity contribution is 0.266. The Balaban J connectivity index is 2.16. The second-order valence-electron chi connectivity index (χ2n) is 3.66. The molecule has 4 N–H and O–H groups in total. The summed E-state index contributed by atoms with van der Waals surface area (Å²) < 4.78 is 1.05. The lowest BCUT2D eigenvalue weighted by Crippen LogP contribution is -2.26. The molecule has 2 rings (SSSR count). The van der Waals surface area contributed by atoms with Crippen LogP contribution in [0.25, 0.3) is 0 Å². The van der Waals surface area contributed by atoms with Gasteiger partial charge >= 0.3 is 0 Å². The molecule has 1 saturated carbocycles. The number of anilines is 2. The van der Waals surface area contributed by atoms with Crippen LogP contribution < -0.4 is 11.1 Å². The van der Waals surface area contributed by atoms with Gasteiger partial charge in [0.1, 0.15) is 11.6 Å². The average molecular weight is 305 g/mol. The summed E-state index contributed by atoms with van der Waals surface area (Å²) in [6.07, 6.45) is 1.99. The average Bonchev–Trinajstić information content (AvgIpc) is 2.83. The van der Waals surface area contributed by atoms with Crippen LogP contribution in [0.2, 0.25) is 0 Å². The first-order valence-electron chi connectivity index (χ1n) is 4.46. The summed E-state index contributed by atoms with van der Waals surface area (Å²) in [6, 6.07) is 3.73. The topological polar surface area (TPSA) is 71.2 Å². The van der Waals surface area contributed by atoms with Gasteiger partial charge in [0, 0.05) is 3.57 Å². The molecule has 0 aliphatic heterocycles. The normalized spacial score (nSPS) is 17.9. The highest BCUT2D eigenvalue weighted by atomic mass is 127. The van der Waals surface area contributed by atoms with Crippen molar-refractivity contribution in [3.8, 4) is 0 Å². The molecule has 0 atom stereocenters. The molecule has 0 saturated heterocycles. The second kappa shape index (κ2) is 3.54. The second-order valence-corrected chi connectivity index (χ2v) is 4.90. The van der Waals surface area contributed by atoms with Crippen molar-refractivity contribution in [2.75, 3.05) is 17.7 Å². The minimum absolute atomic E-state index is 0.135. The molecule has 4 nitrogen and oxygen atoms in total. The lowest BCUT2D eigenvalue weighted by Gasteiger charge is -2.15. The number of pyridine rings is 1. The minimum Gasteiger partial charge on any atom is -0.394 e. The first-order chi connectivity index (χ1) is 6.63. The summed E-state index contributed by atoms with van der Waals surface area (Å²) in [4.78, 5) is 4.16. The molecule has 1 aliphatic rings. The summed E-state index contributed by atoms with van der Waals surface area (Å²) in [5.41, 5.74) is 5.49. The molecule has 0 aromatic carbocycles. The van der Waals surface area contributed by atoms with Crippen molar-refractivity contribution in [2.45, 2.75) is 18.4 Å². The highest BCUT2D eigenvalue weighted by Crippen LogP contribution is 2.38. The van der Waals surface area contributed by atoms with Gasteiger partial charge < -0.3 is 16.2 Å². The fourth-order valence-electron chi connectivity index (χ4n) is 1.33. The van der Waals surface area contributed by atoms with Crippen molar-refractivity contribution in [2.24, 2.45) is 0 Å². The number of nitrogens with zero attached hydrogens (tertiary/aromatic N) is 1. The van der Waals surface area contributed by atoms with Crippen molar-refractivity contribution in [3.05, 3.63) is 15.7 Å². The predicted octanol–water partition coefficient (Wildman–Crippen LogP) is 1.21. The van der Waals surface area contributed by atoms with Crippen molar-refractivity contribution in [3.63, 3.8) is 0 Å². The van der Waals surface area contributed by atoms with Crippen LogP contribution in [0.15, 0.2) is 12.1 Å². The van der Waals surface area contributed by atoms with E-state index >= 15 is 0 Å². The van der Waals surface area contributed by atoms with Gasteiger partial charge in [0.2, 0.25) is 0 Å². The van der Waals surface area contributed by atoms with Crippen molar-refractivity contribution in [1.82, 2.24) is 4.98 Å². The summed E-state index contributed by atoms with van der Waals surface area (Å²) >= 11 is 2.19. The third-order valence-electron chi connectivity index (χ3n) is 2.36. The van der Waals surface area contributed by atoms with E-state index in [-0.39, 0.29) is 12.1 Å². The zero-order valence-corrected chi connectivity index (χ0v) is 9.78. The monoisotopic (exact) mass is 305 g/mol. The zero-order chi connectivity index (χ0) is 10.2. The third-order valence-corrected chi connectivity index (χ3v) is 2.98. The number of hydrogen-bond acceptors (Lipinski definition) is 4. The van der Waals surface area contributed by atoms with Gasteiger partial charge in [-0.2, -0.15) is 0 Å². The van der Waals surface area contributed by atoms with E-state index in [1.165, 1.54) is 0 Å². The molecule has 1 aliphatic carbocycles. The van der Waals surface area contributed by atoms with E-state index in [1.54, 1.807) is 0 Å². The molecule has 0 amide bonds. The number of nitrogens with two attached hydrogens (primary N) is 1. The molecule has 0 spiro atoms. The summed E-state index contributed by atoms with van der Waals surface area (Å²) in [7, 11) is 0. The van der Waals surface area contributed by atoms with Gasteiger partial charge in [-0.05, 0) is 47.6 Å². The van der Waals surface area contributed by atoms with Crippen LogP contribution in [0.5, 0.6) is 0 Å². The molecule has 0 radical (unpaired) electrons. The smallest absolute Gasteiger partial charge is 0.129 e. The van der Waals surface area contributed by atoms with Gasteiger partial charge in [-0.1, -0.05) is 0 Å². The van der Waals surface area contributed by atoms with Crippen LogP contribution in [-0.2, 0) is 0 Å². The standard InChI is InChI=1S/C9H12IN3O/c10-6-3-7(11)12-8(4-6)13-9(5-14)1-2-9/h3-4,14H,1-2,5H2,(H3,11,12,13). The largest absolute Gasteiger partial charge is 0.394 e. The van der Waals surface area contributed by atoms with Crippen LogP contribution in [0.1, 0.15) is 12.8 Å². The number of aromatic nitrogens is 1. The molecule has 1 fully saturated rings. The fraction of sp³-hybridized carbons (Fsp3) is 0.444. The van der Waals surface area contributed by atoms with Gasteiger partial charge in [0.05, 0.1) is 12.1 Å². The molecular formula is C9H12IN3O. The summed E-state index contributed by atoms with van der Waals surface area (Å²) in [5, 5.41) is 12.3. The van der Waals surface area contributed by atoms with E-state index in [4.69, 9.17) is 10.8 Å². The number of rotatable bonds is 3. The molecule has 0 bridgehead atoms. The Bertz CT molecular complexity index is 332. The third kappa shape index (κ3) is 2.09. The van der Waals surface area contributed by atoms with E-state index in [9.17, 15) is 0 Å². The Morgan fingerprint density at radius 2 is 2.29 bits per heavy atom. The van der Waals surface area contributed by atoms with Gasteiger partial charge in [0.25, 0.3) is 0 Å². The minimum atomic E-state index is -0.135. The highest BCUT2D eigenvalue weighted by molar-refractivity contribution is 14.1. The molecule has 1 heterocycles. The summed E-state index contributed by atoms with van der Waals surface area (Å²) in [5.74, 6) is 1.26. The van der Waals surface area contributed by atoms with E-state index < -0.39 is 0 Å². The van der Waals surface area contributed by atoms with E-state index in [0.29, 0.717) is 5.82 Å². The number of nitrogens with one attached hydrogen (secondary N) is 1. The molecule has 14 heavy (non-hydrogen) atoms. The van der Waals surface area contributed by atoms with Gasteiger partial charge in [-0.3, -0.25) is 0 Å². The Morgan fingerprint density at radius 1 is 1.57 bits per heavy atom. The Kier molecular flexibility index (Phi) is 2.52. The number of halogens is 1. The van der Waals surface area contributed by atoms with E-state index in [1.807, 2.05) is 12.1 Å². The molecule has 5 heteroatoms. The maximum Gasteiger partial charge on any atom is 0.129 e. The zero-order valence-electron chi connectivity index (χ0n) is 7.63. The number of nitrogen functional groups attached to an aromatic ring is 1. The van der Waals surface area contributed by atoms with E-state index in [0.717, 1.165) is 22.2 Å². The highest BCUT2D eigenvalue weighted by Gasteiger charge is 2.42. The molecule has 76 valence electrons. The SMILES string of the molecule is Nc1cc(I)cc(NC2(CO)CC2)n1. The van der Waals surface area contributed by atoms with Gasteiger partial charge in [-0.15, -0.1) is 0 Å². The number of aliphatic hydroxyl groups excluding tert-OH is 1. The van der Waals surface area contributed by atoms with E-state index in [2.05, 4.69) is 32.9 Å². The first-order valence-corrected chi connectivity index (χ1v) is 5.54. The van der Waals surface area contributed by atoms with Gasteiger partial charge in [-0.25, -0.2) is 4.98 Å². The maximum absolute atomic E-state index is 9.13. The maximum atomic E-state index is 9.13. The van der Waals surface area contributed by atoms with Crippen molar-refractivity contribution >= 4 is 34.2 Å². The van der Waals surface area contributed by atoms with Crippen molar-refractivity contribution in [1.29, 1.82) is 0 Å². The number of hydrogen-bond donors (Lipinski definition) is 3. The lowest BCUT2D eigenvalue weighted by atomic mass is 10.3. The number of aliphatic hydroxyl groups is 1. The summed E-state index contributed by atoms with van der Waals surface area (Å²) in [6.45, 7) is 0.153. The van der Waals surface area contributed by atoms with Crippen LogP contribution in [0, 0.1) is 3.57 Å². The molecule has 1 aromatic rings. The Hall–Kier alpha value is -0.560. The Labute approximate surface area is 96.1 Å². The first kappa shape index (κ1) is 9.97. The molecule has 0 unspecified atom stereocenters. The molecule has 1 aromatic heterocycles. The van der Waals surface area contributed by atoms with Crippen LogP contribution >= 0.6 is 22.6 Å². The van der Waals surface area contributed by atoms with Crippen LogP contribution in [0.4, 0.5) is 11.6 Å². The van der Waals surface area contributed by atoms with Crippen LogP contribution in [-0.4, -0.2) is 22.2 Å². The Morgan fingerprint density at radius 3 is 2.79 bits per heavy atom. The quantitative estimate of drug-likeness (QED) is 0.734. The van der Waals surface area contributed by atoms with Crippen LogP contribution in [0.3, 0.4) is 0 Å². The van der Waals surface area contributed by atoms with Gasteiger partial charge in [0.15, 0.2) is 0 Å².